The molecule has 27 heavy (non-hydrogen) atoms. The molecule has 5 nitrogen and oxygen atoms in total. The molecular weight excluding hydrogens is 426 g/mol. The fraction of sp³-hybridized carbons (Fsp3) is 0.250. The standard InChI is InChI=1S/C20H20BrN3O2S/c1-13-6-4-5-7-15(13)12-24-19(25)14(2)27-20(24)23-22-11-16-10-17(21)8-9-18(16)26-3/h4-11,14H,12H2,1-3H3/b22-11+,23-20-. The number of hydrogen-bond donors (Lipinski definition) is 0. The van der Waals surface area contributed by atoms with Gasteiger partial charge in [-0.2, -0.15) is 5.10 Å². The molecular formula is C20H20BrN3O2S. The van der Waals surface area contributed by atoms with E-state index in [2.05, 4.69) is 26.1 Å². The Hall–Kier alpha value is -2.12. The molecule has 1 amide bonds. The van der Waals surface area contributed by atoms with Gasteiger partial charge in [0.15, 0.2) is 5.17 Å². The van der Waals surface area contributed by atoms with Crippen LogP contribution in [0.15, 0.2) is 57.1 Å². The van der Waals surface area contributed by atoms with Crippen molar-refractivity contribution in [1.29, 1.82) is 0 Å². The van der Waals surface area contributed by atoms with Crippen molar-refractivity contribution >= 4 is 45.0 Å². The Kier molecular flexibility index (Phi) is 6.34. The summed E-state index contributed by atoms with van der Waals surface area (Å²) in [5, 5.41) is 8.97. The molecule has 0 aliphatic carbocycles. The van der Waals surface area contributed by atoms with Gasteiger partial charge in [-0.15, -0.1) is 5.10 Å². The lowest BCUT2D eigenvalue weighted by Crippen LogP contribution is -2.31. The summed E-state index contributed by atoms with van der Waals surface area (Å²) in [7, 11) is 1.61. The predicted molar refractivity (Wildman–Crippen MR) is 115 cm³/mol. The highest BCUT2D eigenvalue weighted by atomic mass is 79.9. The van der Waals surface area contributed by atoms with E-state index in [1.165, 1.54) is 11.8 Å². The van der Waals surface area contributed by atoms with Crippen LogP contribution in [-0.4, -0.2) is 34.5 Å². The number of thioether (sulfide) groups is 1. The van der Waals surface area contributed by atoms with E-state index in [1.807, 2.05) is 56.3 Å². The Morgan fingerprint density at radius 2 is 2.07 bits per heavy atom. The number of amidine groups is 1. The third kappa shape index (κ3) is 4.59. The largest absolute Gasteiger partial charge is 0.496 e. The molecule has 1 fully saturated rings. The Morgan fingerprint density at radius 1 is 1.30 bits per heavy atom. The van der Waals surface area contributed by atoms with E-state index in [-0.39, 0.29) is 11.2 Å². The van der Waals surface area contributed by atoms with Crippen LogP contribution >= 0.6 is 27.7 Å². The van der Waals surface area contributed by atoms with E-state index in [1.54, 1.807) is 18.2 Å². The number of nitrogens with zero attached hydrogens (tertiary/aromatic N) is 3. The van der Waals surface area contributed by atoms with Gasteiger partial charge in [0.25, 0.3) is 0 Å². The summed E-state index contributed by atoms with van der Waals surface area (Å²) in [5.74, 6) is 0.764. The molecule has 3 rings (SSSR count). The van der Waals surface area contributed by atoms with Crippen molar-refractivity contribution in [3.05, 3.63) is 63.6 Å². The molecule has 0 N–H and O–H groups in total. The summed E-state index contributed by atoms with van der Waals surface area (Å²) in [5.41, 5.74) is 3.06. The number of hydrogen-bond acceptors (Lipinski definition) is 5. The van der Waals surface area contributed by atoms with Crippen LogP contribution in [0.5, 0.6) is 5.75 Å². The molecule has 0 aromatic heterocycles. The van der Waals surface area contributed by atoms with Crippen LogP contribution in [0.4, 0.5) is 0 Å². The van der Waals surface area contributed by atoms with E-state index in [0.717, 1.165) is 21.2 Å². The number of ether oxygens (including phenoxy) is 1. The number of benzene rings is 2. The minimum absolute atomic E-state index is 0.0530. The number of carbonyl (C=O) groups is 1. The zero-order valence-electron chi connectivity index (χ0n) is 15.3. The quantitative estimate of drug-likeness (QED) is 0.498. The molecule has 2 aromatic carbocycles. The van der Waals surface area contributed by atoms with Crippen molar-refractivity contribution in [1.82, 2.24) is 4.90 Å². The molecule has 1 heterocycles. The first kappa shape index (κ1) is 19.6. The van der Waals surface area contributed by atoms with Crippen molar-refractivity contribution < 1.29 is 9.53 Å². The van der Waals surface area contributed by atoms with Gasteiger partial charge in [-0.1, -0.05) is 52.0 Å². The summed E-state index contributed by atoms with van der Waals surface area (Å²) in [6.07, 6.45) is 1.64. The molecule has 0 saturated carbocycles. The topological polar surface area (TPSA) is 54.3 Å². The average molecular weight is 446 g/mol. The number of carbonyl (C=O) groups excluding carboxylic acids is 1. The monoisotopic (exact) mass is 445 g/mol. The van der Waals surface area contributed by atoms with E-state index in [4.69, 9.17) is 4.74 Å². The Labute approximate surface area is 171 Å². The molecule has 1 saturated heterocycles. The molecule has 1 unspecified atom stereocenters. The van der Waals surface area contributed by atoms with E-state index < -0.39 is 0 Å². The third-order valence-corrected chi connectivity index (χ3v) is 5.81. The highest BCUT2D eigenvalue weighted by Gasteiger charge is 2.35. The van der Waals surface area contributed by atoms with Crippen LogP contribution in [0, 0.1) is 6.92 Å². The lowest BCUT2D eigenvalue weighted by Gasteiger charge is -2.16. The molecule has 7 heteroatoms. The molecule has 2 aromatic rings. The van der Waals surface area contributed by atoms with Gasteiger partial charge >= 0.3 is 0 Å². The van der Waals surface area contributed by atoms with Gasteiger partial charge in [0.05, 0.1) is 25.1 Å². The highest BCUT2D eigenvalue weighted by molar-refractivity contribution is 9.10. The van der Waals surface area contributed by atoms with Crippen LogP contribution in [0.2, 0.25) is 0 Å². The van der Waals surface area contributed by atoms with Gasteiger partial charge in [0.1, 0.15) is 5.75 Å². The van der Waals surface area contributed by atoms with Gasteiger partial charge in [-0.25, -0.2) is 0 Å². The second-order valence-electron chi connectivity index (χ2n) is 6.12. The first-order chi connectivity index (χ1) is 13.0. The minimum atomic E-state index is -0.164. The predicted octanol–water partition coefficient (Wildman–Crippen LogP) is 4.62. The molecule has 1 atom stereocenters. The molecule has 1 aliphatic rings. The van der Waals surface area contributed by atoms with Crippen molar-refractivity contribution in [2.75, 3.05) is 7.11 Å². The lowest BCUT2D eigenvalue weighted by atomic mass is 10.1. The summed E-state index contributed by atoms with van der Waals surface area (Å²) in [4.78, 5) is 14.3. The van der Waals surface area contributed by atoms with Crippen LogP contribution in [0.1, 0.15) is 23.6 Å². The number of aryl methyl sites for hydroxylation is 1. The maximum Gasteiger partial charge on any atom is 0.242 e. The van der Waals surface area contributed by atoms with Crippen LogP contribution < -0.4 is 4.74 Å². The zero-order valence-corrected chi connectivity index (χ0v) is 17.8. The van der Waals surface area contributed by atoms with Gasteiger partial charge in [0, 0.05) is 10.0 Å². The molecule has 0 radical (unpaired) electrons. The van der Waals surface area contributed by atoms with E-state index in [0.29, 0.717) is 17.5 Å². The van der Waals surface area contributed by atoms with E-state index >= 15 is 0 Å². The van der Waals surface area contributed by atoms with Crippen LogP contribution in [0.25, 0.3) is 0 Å². The third-order valence-electron chi connectivity index (χ3n) is 4.25. The van der Waals surface area contributed by atoms with Crippen molar-refractivity contribution in [3.8, 4) is 5.75 Å². The number of amides is 1. The van der Waals surface area contributed by atoms with E-state index in [9.17, 15) is 4.79 Å². The summed E-state index contributed by atoms with van der Waals surface area (Å²) < 4.78 is 6.27. The first-order valence-corrected chi connectivity index (χ1v) is 10.1. The van der Waals surface area contributed by atoms with Gasteiger partial charge in [-0.05, 0) is 43.2 Å². The molecule has 140 valence electrons. The Bertz CT molecular complexity index is 914. The summed E-state index contributed by atoms with van der Waals surface area (Å²) in [6, 6.07) is 13.7. The summed E-state index contributed by atoms with van der Waals surface area (Å²) in [6.45, 7) is 4.43. The average Bonchev–Trinajstić information content (AvgIpc) is 2.91. The maximum absolute atomic E-state index is 12.6. The van der Waals surface area contributed by atoms with Crippen LogP contribution in [-0.2, 0) is 11.3 Å². The van der Waals surface area contributed by atoms with Crippen molar-refractivity contribution in [2.45, 2.75) is 25.6 Å². The fourth-order valence-electron chi connectivity index (χ4n) is 2.71. The van der Waals surface area contributed by atoms with Gasteiger partial charge in [-0.3, -0.25) is 9.69 Å². The molecule has 0 spiro atoms. The lowest BCUT2D eigenvalue weighted by molar-refractivity contribution is -0.126. The summed E-state index contributed by atoms with van der Waals surface area (Å²) >= 11 is 4.87. The number of methoxy groups -OCH3 is 1. The highest BCUT2D eigenvalue weighted by Crippen LogP contribution is 2.29. The number of rotatable bonds is 5. The Morgan fingerprint density at radius 3 is 2.81 bits per heavy atom. The Balaban J connectivity index is 1.84. The first-order valence-electron chi connectivity index (χ1n) is 8.46. The fourth-order valence-corrected chi connectivity index (χ4v) is 4.01. The normalized spacial score (nSPS) is 18.7. The smallest absolute Gasteiger partial charge is 0.242 e. The molecule has 1 aliphatic heterocycles. The second kappa shape index (κ2) is 8.71. The SMILES string of the molecule is COc1ccc(Br)cc1/C=N/N=C1\SC(C)C(=O)N1Cc1ccccc1C. The second-order valence-corrected chi connectivity index (χ2v) is 8.35. The van der Waals surface area contributed by atoms with Crippen molar-refractivity contribution in [2.24, 2.45) is 10.2 Å². The zero-order chi connectivity index (χ0) is 19.4. The van der Waals surface area contributed by atoms with Gasteiger partial charge < -0.3 is 4.74 Å². The van der Waals surface area contributed by atoms with Crippen LogP contribution in [0.3, 0.4) is 0 Å². The van der Waals surface area contributed by atoms with Crippen molar-refractivity contribution in [3.63, 3.8) is 0 Å². The molecule has 0 bridgehead atoms. The van der Waals surface area contributed by atoms with Gasteiger partial charge in [0.2, 0.25) is 5.91 Å². The maximum atomic E-state index is 12.6. The minimum Gasteiger partial charge on any atom is -0.496 e. The number of halogens is 1.